The monoisotopic (exact) mass is 489 g/mol. The van der Waals surface area contributed by atoms with E-state index in [1.165, 1.54) is 17.6 Å². The van der Waals surface area contributed by atoms with E-state index in [0.717, 1.165) is 18.4 Å². The lowest BCUT2D eigenvalue weighted by molar-refractivity contribution is 0.0124. The molecule has 34 heavy (non-hydrogen) atoms. The lowest BCUT2D eigenvalue weighted by Gasteiger charge is -2.37. The molecule has 0 radical (unpaired) electrons. The van der Waals surface area contributed by atoms with Gasteiger partial charge in [-0.15, -0.1) is 11.3 Å². The van der Waals surface area contributed by atoms with E-state index in [-0.39, 0.29) is 35.6 Å². The van der Waals surface area contributed by atoms with Crippen LogP contribution in [0.5, 0.6) is 0 Å². The van der Waals surface area contributed by atoms with Crippen LogP contribution in [0.3, 0.4) is 0 Å². The number of likely N-dealkylation sites (tertiary alicyclic amines) is 1. The molecular weight excluding hydrogens is 454 g/mol. The fourth-order valence-electron chi connectivity index (χ4n) is 3.97. The quantitative estimate of drug-likeness (QED) is 0.587. The number of thiophene rings is 1. The molecule has 0 spiro atoms. The molecule has 0 saturated carbocycles. The molecule has 3 heterocycles. The zero-order valence-electron chi connectivity index (χ0n) is 20.8. The number of furan rings is 1. The number of aryl methyl sites for hydroxylation is 1. The molecule has 0 aliphatic carbocycles. The van der Waals surface area contributed by atoms with Crippen LogP contribution in [0.15, 0.2) is 28.9 Å². The van der Waals surface area contributed by atoms with Gasteiger partial charge in [0.2, 0.25) is 0 Å². The summed E-state index contributed by atoms with van der Waals surface area (Å²) in [5, 5.41) is 3.40. The Labute approximate surface area is 205 Å². The zero-order valence-corrected chi connectivity index (χ0v) is 21.7. The minimum Gasteiger partial charge on any atom is -0.459 e. The summed E-state index contributed by atoms with van der Waals surface area (Å²) in [4.78, 5) is 42.6. The fraction of sp³-hybridized carbons (Fsp3) is 0.560. The van der Waals surface area contributed by atoms with Gasteiger partial charge in [0, 0.05) is 25.7 Å². The number of hydrogen-bond donors (Lipinski definition) is 1. The van der Waals surface area contributed by atoms with E-state index in [4.69, 9.17) is 9.15 Å². The van der Waals surface area contributed by atoms with Crippen molar-refractivity contribution < 1.29 is 23.5 Å². The van der Waals surface area contributed by atoms with Gasteiger partial charge in [0.1, 0.15) is 5.60 Å². The number of carbonyl (C=O) groups is 3. The average molecular weight is 490 g/mol. The van der Waals surface area contributed by atoms with Crippen LogP contribution in [0.4, 0.5) is 9.80 Å². The van der Waals surface area contributed by atoms with Crippen molar-refractivity contribution >= 4 is 34.2 Å². The number of piperidine rings is 1. The summed E-state index contributed by atoms with van der Waals surface area (Å²) >= 11 is 1.27. The normalized spacial score (nSPS) is 16.4. The van der Waals surface area contributed by atoms with E-state index < -0.39 is 5.60 Å². The molecule has 186 valence electrons. The van der Waals surface area contributed by atoms with E-state index in [2.05, 4.69) is 5.32 Å². The van der Waals surface area contributed by atoms with Crippen molar-refractivity contribution in [3.05, 3.63) is 40.7 Å². The first kappa shape index (κ1) is 25.8. The third-order valence-electron chi connectivity index (χ3n) is 5.61. The Balaban J connectivity index is 1.65. The Morgan fingerprint density at radius 2 is 2.06 bits per heavy atom. The maximum Gasteiger partial charge on any atom is 0.410 e. The van der Waals surface area contributed by atoms with Crippen LogP contribution in [0, 0.1) is 12.8 Å². The summed E-state index contributed by atoms with van der Waals surface area (Å²) in [5.41, 5.74) is 0.268. The van der Waals surface area contributed by atoms with Crippen molar-refractivity contribution in [1.29, 1.82) is 0 Å². The Morgan fingerprint density at radius 3 is 2.68 bits per heavy atom. The molecule has 3 rings (SSSR count). The Kier molecular flexibility index (Phi) is 8.07. The van der Waals surface area contributed by atoms with Crippen molar-refractivity contribution in [2.24, 2.45) is 5.92 Å². The molecule has 1 aliphatic rings. The lowest BCUT2D eigenvalue weighted by atomic mass is 9.96. The highest BCUT2D eigenvalue weighted by atomic mass is 32.1. The largest absolute Gasteiger partial charge is 0.459 e. The standard InChI is InChI=1S/C25H35N3O5S/c1-16(2)28(24(31)33-25(4,5)6)15-18-9-7-11-27(14-18)23(30)21-17(3)13-20(34-21)26-22(29)19-10-8-12-32-19/h8,10,12-13,16,18H,7,9,11,14-15H2,1-6H3,(H,26,29). The fourth-order valence-corrected chi connectivity index (χ4v) is 5.01. The summed E-state index contributed by atoms with van der Waals surface area (Å²) in [7, 11) is 0. The first-order valence-electron chi connectivity index (χ1n) is 11.7. The maximum atomic E-state index is 13.3. The molecule has 2 aromatic rings. The molecule has 0 aromatic carbocycles. The molecule has 2 aromatic heterocycles. The Bertz CT molecular complexity index is 1010. The molecule has 1 N–H and O–H groups in total. The summed E-state index contributed by atoms with van der Waals surface area (Å²) in [6.07, 6.45) is 2.95. The summed E-state index contributed by atoms with van der Waals surface area (Å²) in [6.45, 7) is 13.2. The van der Waals surface area contributed by atoms with Gasteiger partial charge in [0.15, 0.2) is 5.76 Å². The minimum atomic E-state index is -0.556. The topological polar surface area (TPSA) is 92.1 Å². The summed E-state index contributed by atoms with van der Waals surface area (Å²) < 4.78 is 10.7. The number of nitrogens with one attached hydrogen (secondary N) is 1. The molecule has 8 nitrogen and oxygen atoms in total. The van der Waals surface area contributed by atoms with E-state index in [1.807, 2.05) is 52.5 Å². The number of anilines is 1. The van der Waals surface area contributed by atoms with E-state index in [0.29, 0.717) is 29.5 Å². The highest BCUT2D eigenvalue weighted by Gasteiger charge is 2.31. The minimum absolute atomic E-state index is 0.000741. The second kappa shape index (κ2) is 10.6. The number of hydrogen-bond acceptors (Lipinski definition) is 6. The smallest absolute Gasteiger partial charge is 0.410 e. The van der Waals surface area contributed by atoms with Gasteiger partial charge in [-0.1, -0.05) is 0 Å². The number of nitrogens with zero attached hydrogens (tertiary/aromatic N) is 2. The van der Waals surface area contributed by atoms with E-state index in [9.17, 15) is 14.4 Å². The number of rotatable bonds is 6. The maximum absolute atomic E-state index is 13.3. The third-order valence-corrected chi connectivity index (χ3v) is 6.75. The Hall–Kier alpha value is -2.81. The third kappa shape index (κ3) is 6.62. The molecule has 1 unspecified atom stereocenters. The number of carbonyl (C=O) groups excluding carboxylic acids is 3. The molecule has 3 amide bonds. The van der Waals surface area contributed by atoms with Gasteiger partial charge in [-0.3, -0.25) is 9.59 Å². The molecular formula is C25H35N3O5S. The second-order valence-corrected chi connectivity index (χ2v) is 11.1. The highest BCUT2D eigenvalue weighted by Crippen LogP contribution is 2.30. The average Bonchev–Trinajstić information content (AvgIpc) is 3.40. The molecule has 9 heteroatoms. The van der Waals surface area contributed by atoms with Crippen molar-refractivity contribution in [1.82, 2.24) is 9.80 Å². The predicted molar refractivity (Wildman–Crippen MR) is 132 cm³/mol. The van der Waals surface area contributed by atoms with Crippen molar-refractivity contribution in [3.63, 3.8) is 0 Å². The summed E-state index contributed by atoms with van der Waals surface area (Å²) in [6, 6.07) is 5.05. The summed E-state index contributed by atoms with van der Waals surface area (Å²) in [5.74, 6) is 0.00164. The molecule has 1 atom stereocenters. The molecule has 0 bridgehead atoms. The first-order valence-corrected chi connectivity index (χ1v) is 12.5. The van der Waals surface area contributed by atoms with Crippen LogP contribution in [-0.4, -0.2) is 59.0 Å². The van der Waals surface area contributed by atoms with Crippen LogP contribution >= 0.6 is 11.3 Å². The lowest BCUT2D eigenvalue weighted by Crippen LogP contribution is -2.48. The van der Waals surface area contributed by atoms with Gasteiger partial charge in [0.25, 0.3) is 11.8 Å². The highest BCUT2D eigenvalue weighted by molar-refractivity contribution is 7.18. The number of amides is 3. The van der Waals surface area contributed by atoms with E-state index >= 15 is 0 Å². The van der Waals surface area contributed by atoms with Crippen LogP contribution < -0.4 is 5.32 Å². The van der Waals surface area contributed by atoms with Gasteiger partial charge in [-0.25, -0.2) is 4.79 Å². The van der Waals surface area contributed by atoms with Gasteiger partial charge in [0.05, 0.1) is 16.1 Å². The molecule has 1 aliphatic heterocycles. The van der Waals surface area contributed by atoms with Crippen LogP contribution in [-0.2, 0) is 4.74 Å². The van der Waals surface area contributed by atoms with Gasteiger partial charge in [-0.05, 0) is 84.1 Å². The van der Waals surface area contributed by atoms with Crippen molar-refractivity contribution in [2.75, 3.05) is 25.0 Å². The molecule has 1 fully saturated rings. The second-order valence-electron chi connectivity index (χ2n) is 10.0. The zero-order chi connectivity index (χ0) is 25.0. The van der Waals surface area contributed by atoms with Gasteiger partial charge in [-0.2, -0.15) is 0 Å². The van der Waals surface area contributed by atoms with Gasteiger partial charge >= 0.3 is 6.09 Å². The van der Waals surface area contributed by atoms with Crippen LogP contribution in [0.1, 0.15) is 73.3 Å². The van der Waals surface area contributed by atoms with Crippen LogP contribution in [0.2, 0.25) is 0 Å². The predicted octanol–water partition coefficient (Wildman–Crippen LogP) is 5.40. The van der Waals surface area contributed by atoms with Crippen molar-refractivity contribution in [3.8, 4) is 0 Å². The van der Waals surface area contributed by atoms with Crippen molar-refractivity contribution in [2.45, 2.75) is 66.0 Å². The van der Waals surface area contributed by atoms with E-state index in [1.54, 1.807) is 17.0 Å². The first-order chi connectivity index (χ1) is 15.9. The van der Waals surface area contributed by atoms with Gasteiger partial charge < -0.3 is 24.3 Å². The van der Waals surface area contributed by atoms with Crippen LogP contribution in [0.25, 0.3) is 0 Å². The Morgan fingerprint density at radius 1 is 1.32 bits per heavy atom. The SMILES string of the molecule is Cc1cc(NC(=O)c2ccco2)sc1C(=O)N1CCCC(CN(C(=O)OC(C)(C)C)C(C)C)C1. The number of ether oxygens (including phenoxy) is 1. The molecule has 1 saturated heterocycles.